The molecule has 3 heterocycles. The van der Waals surface area contributed by atoms with E-state index >= 15 is 0 Å². The monoisotopic (exact) mass is 495 g/mol. The van der Waals surface area contributed by atoms with E-state index in [2.05, 4.69) is 20.2 Å². The molecular formula is C22H18ClF4N5O2. The molecule has 1 aromatic carbocycles. The fourth-order valence-corrected chi connectivity index (χ4v) is 3.66. The summed E-state index contributed by atoms with van der Waals surface area (Å²) in [5, 5.41) is 17.7. The van der Waals surface area contributed by atoms with Gasteiger partial charge in [-0.1, -0.05) is 22.8 Å². The lowest BCUT2D eigenvalue weighted by Crippen LogP contribution is -2.24. The molecule has 1 N–H and O–H groups in total. The van der Waals surface area contributed by atoms with Crippen LogP contribution in [0, 0.1) is 5.82 Å². The minimum Gasteiger partial charge on any atom is -0.390 e. The molecule has 0 spiro atoms. The van der Waals surface area contributed by atoms with Crippen molar-refractivity contribution < 1.29 is 27.2 Å². The lowest BCUT2D eigenvalue weighted by Gasteiger charge is -2.18. The SMILES string of the molecule is CC(C)(O)CCn1ncc(-c2onc(-c3c(F)cccc3Cl)c2-c2ncccn2)c1C(F)(F)F. The van der Waals surface area contributed by atoms with Gasteiger partial charge in [-0.25, -0.2) is 14.4 Å². The predicted octanol–water partition coefficient (Wildman–Crippen LogP) is 5.63. The summed E-state index contributed by atoms with van der Waals surface area (Å²) in [5.74, 6) is -1.13. The van der Waals surface area contributed by atoms with Crippen LogP contribution in [0.25, 0.3) is 34.0 Å². The van der Waals surface area contributed by atoms with Crippen LogP contribution in [0.2, 0.25) is 5.02 Å². The second-order valence-electron chi connectivity index (χ2n) is 8.09. The molecule has 0 bridgehead atoms. The number of hydrogen-bond donors (Lipinski definition) is 1. The van der Waals surface area contributed by atoms with Gasteiger partial charge in [0.15, 0.2) is 17.3 Å². The van der Waals surface area contributed by atoms with Crippen LogP contribution in [-0.2, 0) is 12.7 Å². The number of rotatable bonds is 6. The topological polar surface area (TPSA) is 89.9 Å². The summed E-state index contributed by atoms with van der Waals surface area (Å²) in [5.41, 5.74) is -3.14. The smallest absolute Gasteiger partial charge is 0.390 e. The van der Waals surface area contributed by atoms with Crippen molar-refractivity contribution in [2.24, 2.45) is 0 Å². The maximum absolute atomic E-state index is 14.7. The van der Waals surface area contributed by atoms with E-state index in [-0.39, 0.29) is 46.4 Å². The Kier molecular flexibility index (Phi) is 6.17. The van der Waals surface area contributed by atoms with Gasteiger partial charge in [-0.2, -0.15) is 18.3 Å². The number of alkyl halides is 3. The third-order valence-corrected chi connectivity index (χ3v) is 5.28. The van der Waals surface area contributed by atoms with Gasteiger partial charge in [0.05, 0.1) is 33.5 Å². The molecule has 0 radical (unpaired) electrons. The van der Waals surface area contributed by atoms with Crippen molar-refractivity contribution in [2.45, 2.75) is 38.6 Å². The summed E-state index contributed by atoms with van der Waals surface area (Å²) in [6, 6.07) is 5.46. The molecule has 3 aromatic heterocycles. The minimum atomic E-state index is -4.83. The number of aliphatic hydroxyl groups is 1. The van der Waals surface area contributed by atoms with Crippen LogP contribution in [-0.4, -0.2) is 35.6 Å². The summed E-state index contributed by atoms with van der Waals surface area (Å²) < 4.78 is 63.2. The third kappa shape index (κ3) is 4.66. The van der Waals surface area contributed by atoms with E-state index in [0.717, 1.165) is 16.9 Å². The van der Waals surface area contributed by atoms with Crippen molar-refractivity contribution in [1.82, 2.24) is 24.9 Å². The van der Waals surface area contributed by atoms with Gasteiger partial charge in [-0.3, -0.25) is 4.68 Å². The molecule has 0 unspecified atom stereocenters. The Morgan fingerprint density at radius 2 is 1.79 bits per heavy atom. The van der Waals surface area contributed by atoms with Crippen molar-refractivity contribution in [3.63, 3.8) is 0 Å². The van der Waals surface area contributed by atoms with Crippen LogP contribution in [0.4, 0.5) is 17.6 Å². The first-order valence-electron chi connectivity index (χ1n) is 10.0. The highest BCUT2D eigenvalue weighted by atomic mass is 35.5. The Labute approximate surface area is 196 Å². The third-order valence-electron chi connectivity index (χ3n) is 4.97. The number of aromatic nitrogens is 5. The molecule has 0 aliphatic rings. The quantitative estimate of drug-likeness (QED) is 0.348. The number of hydrogen-bond acceptors (Lipinski definition) is 6. The van der Waals surface area contributed by atoms with Gasteiger partial charge in [0, 0.05) is 18.9 Å². The summed E-state index contributed by atoms with van der Waals surface area (Å²) in [7, 11) is 0. The molecule has 0 aliphatic heterocycles. The highest BCUT2D eigenvalue weighted by Crippen LogP contribution is 2.45. The second kappa shape index (κ2) is 8.80. The first-order valence-corrected chi connectivity index (χ1v) is 10.4. The molecule has 34 heavy (non-hydrogen) atoms. The summed E-state index contributed by atoms with van der Waals surface area (Å²) >= 11 is 6.19. The Morgan fingerprint density at radius 3 is 2.41 bits per heavy atom. The summed E-state index contributed by atoms with van der Waals surface area (Å²) in [4.78, 5) is 8.20. The zero-order valence-corrected chi connectivity index (χ0v) is 18.7. The fourth-order valence-electron chi connectivity index (χ4n) is 3.40. The number of aryl methyl sites for hydroxylation is 1. The summed E-state index contributed by atoms with van der Waals surface area (Å²) in [6.45, 7) is 2.75. The average molecular weight is 496 g/mol. The Morgan fingerprint density at radius 1 is 1.09 bits per heavy atom. The van der Waals surface area contributed by atoms with Crippen LogP contribution < -0.4 is 0 Å². The van der Waals surface area contributed by atoms with Gasteiger partial charge in [0.1, 0.15) is 11.5 Å². The Hall–Kier alpha value is -3.31. The standard InChI is InChI=1S/C22H18ClF4N5O2/c1-21(2,33)7-10-32-19(22(25,26)27)12(11-30-32)18-16(20-28-8-4-9-29-20)17(31-34-18)15-13(23)5-3-6-14(15)24/h3-6,8-9,11,33H,7,10H2,1-2H3. The molecule has 4 rings (SSSR count). The largest absolute Gasteiger partial charge is 0.433 e. The van der Waals surface area contributed by atoms with E-state index in [9.17, 15) is 22.7 Å². The molecule has 178 valence electrons. The highest BCUT2D eigenvalue weighted by molar-refractivity contribution is 6.33. The van der Waals surface area contributed by atoms with Gasteiger partial charge in [0.25, 0.3) is 0 Å². The van der Waals surface area contributed by atoms with Gasteiger partial charge in [-0.05, 0) is 38.5 Å². The number of halogens is 5. The Balaban J connectivity index is 1.96. The summed E-state index contributed by atoms with van der Waals surface area (Å²) in [6.07, 6.45) is -1.08. The van der Waals surface area contributed by atoms with Crippen molar-refractivity contribution in [1.29, 1.82) is 0 Å². The molecular weight excluding hydrogens is 478 g/mol. The lowest BCUT2D eigenvalue weighted by molar-refractivity contribution is -0.144. The maximum Gasteiger partial charge on any atom is 0.433 e. The van der Waals surface area contributed by atoms with Crippen LogP contribution >= 0.6 is 11.6 Å². The van der Waals surface area contributed by atoms with Crippen LogP contribution in [0.3, 0.4) is 0 Å². The highest BCUT2D eigenvalue weighted by Gasteiger charge is 2.41. The van der Waals surface area contributed by atoms with Crippen molar-refractivity contribution in [2.75, 3.05) is 0 Å². The minimum absolute atomic E-state index is 0.0122. The van der Waals surface area contributed by atoms with E-state index in [1.165, 1.54) is 44.4 Å². The van der Waals surface area contributed by atoms with Crippen LogP contribution in [0.5, 0.6) is 0 Å². The van der Waals surface area contributed by atoms with Gasteiger partial charge >= 0.3 is 6.18 Å². The van der Waals surface area contributed by atoms with Crippen molar-refractivity contribution in [3.05, 3.63) is 59.4 Å². The number of nitrogens with zero attached hydrogens (tertiary/aromatic N) is 5. The lowest BCUT2D eigenvalue weighted by atomic mass is 10.0. The zero-order chi connectivity index (χ0) is 24.7. The molecule has 7 nitrogen and oxygen atoms in total. The van der Waals surface area contributed by atoms with Crippen molar-refractivity contribution in [3.8, 4) is 34.0 Å². The molecule has 0 atom stereocenters. The van der Waals surface area contributed by atoms with E-state index in [1.54, 1.807) is 0 Å². The normalized spacial score (nSPS) is 12.4. The average Bonchev–Trinajstić information content (AvgIpc) is 3.36. The van der Waals surface area contributed by atoms with Gasteiger partial charge in [0.2, 0.25) is 0 Å². The van der Waals surface area contributed by atoms with E-state index in [1.807, 2.05) is 0 Å². The maximum atomic E-state index is 14.7. The van der Waals surface area contributed by atoms with Gasteiger partial charge in [-0.15, -0.1) is 0 Å². The van der Waals surface area contributed by atoms with Gasteiger partial charge < -0.3 is 9.63 Å². The first kappa shape index (κ1) is 23.8. The number of benzene rings is 1. The second-order valence-corrected chi connectivity index (χ2v) is 8.50. The molecule has 0 aliphatic carbocycles. The molecule has 0 saturated carbocycles. The molecule has 4 aromatic rings. The fraction of sp³-hybridized carbons (Fsp3) is 0.273. The van der Waals surface area contributed by atoms with E-state index < -0.39 is 28.9 Å². The van der Waals surface area contributed by atoms with Crippen LogP contribution in [0.15, 0.2) is 47.4 Å². The molecule has 0 saturated heterocycles. The van der Waals surface area contributed by atoms with Crippen molar-refractivity contribution >= 4 is 11.6 Å². The predicted molar refractivity (Wildman–Crippen MR) is 115 cm³/mol. The zero-order valence-electron chi connectivity index (χ0n) is 17.9. The van der Waals surface area contributed by atoms with E-state index in [0.29, 0.717) is 0 Å². The molecule has 0 amide bonds. The van der Waals surface area contributed by atoms with Crippen LogP contribution in [0.1, 0.15) is 26.0 Å². The molecule has 12 heteroatoms. The first-order chi connectivity index (χ1) is 16.0. The van der Waals surface area contributed by atoms with E-state index in [4.69, 9.17) is 16.1 Å². The molecule has 0 fully saturated rings. The Bertz CT molecular complexity index is 1290.